The van der Waals surface area contributed by atoms with Gasteiger partial charge >= 0.3 is 0 Å². The summed E-state index contributed by atoms with van der Waals surface area (Å²) in [5, 5.41) is 3.07. The van der Waals surface area contributed by atoms with Crippen LogP contribution in [-0.2, 0) is 9.59 Å². The Bertz CT molecular complexity index is 558. The fourth-order valence-corrected chi connectivity index (χ4v) is 4.02. The summed E-state index contributed by atoms with van der Waals surface area (Å²) in [6, 6.07) is 6.05. The lowest BCUT2D eigenvalue weighted by atomic mass is 10.1. The number of carbonyl (C=O) groups excluding carboxylic acids is 2. The van der Waals surface area contributed by atoms with Crippen LogP contribution in [0.3, 0.4) is 0 Å². The molecule has 2 saturated heterocycles. The number of hydrogen-bond donors (Lipinski definition) is 1. The Balaban J connectivity index is 1.61. The van der Waals surface area contributed by atoms with Gasteiger partial charge < -0.3 is 10.2 Å². The van der Waals surface area contributed by atoms with Gasteiger partial charge in [0.25, 0.3) is 0 Å². The van der Waals surface area contributed by atoms with Gasteiger partial charge in [-0.3, -0.25) is 9.59 Å². The molecule has 1 aromatic carbocycles. The Labute approximate surface area is 133 Å². The molecule has 3 rings (SSSR count). The quantitative estimate of drug-likeness (QED) is 0.928. The normalized spacial score (nSPS) is 22.9. The summed E-state index contributed by atoms with van der Waals surface area (Å²) in [4.78, 5) is 26.0. The Morgan fingerprint density at radius 2 is 1.91 bits per heavy atom. The highest BCUT2D eigenvalue weighted by molar-refractivity contribution is 7.99. The Morgan fingerprint density at radius 3 is 2.59 bits per heavy atom. The van der Waals surface area contributed by atoms with Crippen LogP contribution in [0.15, 0.2) is 24.3 Å². The third-order valence-corrected chi connectivity index (χ3v) is 5.25. The third kappa shape index (κ3) is 3.43. The van der Waals surface area contributed by atoms with Gasteiger partial charge in [-0.15, -0.1) is 0 Å². The lowest BCUT2D eigenvalue weighted by Crippen LogP contribution is -2.41. The first-order valence-electron chi connectivity index (χ1n) is 7.57. The number of nitrogens with one attached hydrogen (secondary N) is 1. The SMILES string of the molecule is O=C(NC1CCSCC1)C1CC(=O)N(c2ccc(F)cc2)C1. The number of thioether (sulfide) groups is 1. The number of amides is 2. The van der Waals surface area contributed by atoms with E-state index in [9.17, 15) is 14.0 Å². The van der Waals surface area contributed by atoms with Crippen molar-refractivity contribution >= 4 is 29.3 Å². The average Bonchev–Trinajstić information content (AvgIpc) is 2.91. The van der Waals surface area contributed by atoms with Crippen molar-refractivity contribution in [3.8, 4) is 0 Å². The second-order valence-corrected chi connectivity index (χ2v) is 7.00. The highest BCUT2D eigenvalue weighted by Gasteiger charge is 2.35. The number of benzene rings is 1. The van der Waals surface area contributed by atoms with Gasteiger partial charge in [-0.05, 0) is 48.6 Å². The molecule has 0 aromatic heterocycles. The minimum Gasteiger partial charge on any atom is -0.353 e. The van der Waals surface area contributed by atoms with E-state index in [2.05, 4.69) is 5.32 Å². The second kappa shape index (κ2) is 6.69. The zero-order valence-electron chi connectivity index (χ0n) is 12.3. The fourth-order valence-electron chi connectivity index (χ4n) is 2.91. The molecule has 0 aliphatic carbocycles. The van der Waals surface area contributed by atoms with Gasteiger partial charge in [-0.2, -0.15) is 11.8 Å². The Kier molecular flexibility index (Phi) is 4.66. The van der Waals surface area contributed by atoms with Crippen molar-refractivity contribution < 1.29 is 14.0 Å². The zero-order valence-corrected chi connectivity index (χ0v) is 13.1. The van der Waals surface area contributed by atoms with Crippen LogP contribution in [0.25, 0.3) is 0 Å². The summed E-state index contributed by atoms with van der Waals surface area (Å²) in [6.07, 6.45) is 2.22. The molecule has 2 aliphatic heterocycles. The van der Waals surface area contributed by atoms with Gasteiger partial charge in [0.2, 0.25) is 11.8 Å². The smallest absolute Gasteiger partial charge is 0.227 e. The molecular weight excluding hydrogens is 303 g/mol. The van der Waals surface area contributed by atoms with Gasteiger partial charge in [0.05, 0.1) is 5.92 Å². The first kappa shape index (κ1) is 15.3. The van der Waals surface area contributed by atoms with Gasteiger partial charge in [0, 0.05) is 24.7 Å². The number of halogens is 1. The van der Waals surface area contributed by atoms with Crippen molar-refractivity contribution in [2.45, 2.75) is 25.3 Å². The van der Waals surface area contributed by atoms with Crippen LogP contribution in [0, 0.1) is 11.7 Å². The molecule has 4 nitrogen and oxygen atoms in total. The number of hydrogen-bond acceptors (Lipinski definition) is 3. The van der Waals surface area contributed by atoms with Crippen molar-refractivity contribution in [2.75, 3.05) is 23.0 Å². The molecule has 1 atom stereocenters. The van der Waals surface area contributed by atoms with E-state index in [1.807, 2.05) is 11.8 Å². The van der Waals surface area contributed by atoms with Crippen molar-refractivity contribution in [1.29, 1.82) is 0 Å². The van der Waals surface area contributed by atoms with Crippen LogP contribution in [-0.4, -0.2) is 35.9 Å². The number of carbonyl (C=O) groups is 2. The van der Waals surface area contributed by atoms with Crippen LogP contribution in [0.4, 0.5) is 10.1 Å². The molecule has 1 unspecified atom stereocenters. The maximum Gasteiger partial charge on any atom is 0.227 e. The van der Waals surface area contributed by atoms with E-state index in [1.165, 1.54) is 12.1 Å². The van der Waals surface area contributed by atoms with E-state index in [1.54, 1.807) is 17.0 Å². The van der Waals surface area contributed by atoms with Gasteiger partial charge in [0.15, 0.2) is 0 Å². The molecule has 0 saturated carbocycles. The number of rotatable bonds is 3. The first-order valence-corrected chi connectivity index (χ1v) is 8.73. The van der Waals surface area contributed by atoms with E-state index in [0.717, 1.165) is 24.3 Å². The van der Waals surface area contributed by atoms with Crippen molar-refractivity contribution in [1.82, 2.24) is 5.32 Å². The Hall–Kier alpha value is -1.56. The molecule has 22 heavy (non-hydrogen) atoms. The van der Waals surface area contributed by atoms with Gasteiger partial charge in [-0.25, -0.2) is 4.39 Å². The molecule has 2 aliphatic rings. The summed E-state index contributed by atoms with van der Waals surface area (Å²) >= 11 is 1.91. The second-order valence-electron chi connectivity index (χ2n) is 5.78. The van der Waals surface area contributed by atoms with Crippen molar-refractivity contribution in [3.63, 3.8) is 0 Å². The van der Waals surface area contributed by atoms with E-state index < -0.39 is 0 Å². The summed E-state index contributed by atoms with van der Waals surface area (Å²) in [5.74, 6) is 1.40. The van der Waals surface area contributed by atoms with Crippen molar-refractivity contribution in [2.24, 2.45) is 5.92 Å². The molecular formula is C16H19FN2O2S. The minimum absolute atomic E-state index is 0.0325. The fraction of sp³-hybridized carbons (Fsp3) is 0.500. The van der Waals surface area contributed by atoms with Crippen LogP contribution < -0.4 is 10.2 Å². The Morgan fingerprint density at radius 1 is 1.23 bits per heavy atom. The molecule has 2 amide bonds. The van der Waals surface area contributed by atoms with E-state index in [4.69, 9.17) is 0 Å². The zero-order chi connectivity index (χ0) is 15.5. The predicted octanol–water partition coefficient (Wildman–Crippen LogP) is 2.19. The molecule has 118 valence electrons. The van der Waals surface area contributed by atoms with Gasteiger partial charge in [-0.1, -0.05) is 0 Å². The summed E-state index contributed by atoms with van der Waals surface area (Å²) in [5.41, 5.74) is 0.649. The molecule has 0 bridgehead atoms. The molecule has 1 N–H and O–H groups in total. The highest BCUT2D eigenvalue weighted by atomic mass is 32.2. The lowest BCUT2D eigenvalue weighted by Gasteiger charge is -2.24. The molecule has 6 heteroatoms. The van der Waals surface area contributed by atoms with Crippen molar-refractivity contribution in [3.05, 3.63) is 30.1 Å². The van der Waals surface area contributed by atoms with E-state index in [-0.39, 0.29) is 36.0 Å². The third-order valence-electron chi connectivity index (χ3n) is 4.20. The standard InChI is InChI=1S/C16H19FN2O2S/c17-12-1-3-14(4-2-12)19-10-11(9-15(19)20)16(21)18-13-5-7-22-8-6-13/h1-4,11,13H,5-10H2,(H,18,21). The molecule has 2 fully saturated rings. The van der Waals surface area contributed by atoms with Gasteiger partial charge in [0.1, 0.15) is 5.82 Å². The van der Waals surface area contributed by atoms with E-state index >= 15 is 0 Å². The van der Waals surface area contributed by atoms with Crippen LogP contribution in [0.1, 0.15) is 19.3 Å². The largest absolute Gasteiger partial charge is 0.353 e. The minimum atomic E-state index is -0.333. The lowest BCUT2D eigenvalue weighted by molar-refractivity contribution is -0.127. The molecule has 0 spiro atoms. The molecule has 2 heterocycles. The summed E-state index contributed by atoms with van der Waals surface area (Å²) in [6.45, 7) is 0.373. The van der Waals surface area contributed by atoms with Crippen LogP contribution >= 0.6 is 11.8 Å². The average molecular weight is 322 g/mol. The summed E-state index contributed by atoms with van der Waals surface area (Å²) < 4.78 is 13.0. The maximum absolute atomic E-state index is 13.0. The van der Waals surface area contributed by atoms with Crippen LogP contribution in [0.5, 0.6) is 0 Å². The molecule has 0 radical (unpaired) electrons. The monoisotopic (exact) mass is 322 g/mol. The van der Waals surface area contributed by atoms with E-state index in [0.29, 0.717) is 12.2 Å². The number of nitrogens with zero attached hydrogens (tertiary/aromatic N) is 1. The topological polar surface area (TPSA) is 49.4 Å². The first-order chi connectivity index (χ1) is 10.6. The summed E-state index contributed by atoms with van der Waals surface area (Å²) in [7, 11) is 0. The number of anilines is 1. The molecule has 1 aromatic rings. The maximum atomic E-state index is 13.0. The highest BCUT2D eigenvalue weighted by Crippen LogP contribution is 2.26. The van der Waals surface area contributed by atoms with Crippen LogP contribution in [0.2, 0.25) is 0 Å². The predicted molar refractivity (Wildman–Crippen MR) is 85.3 cm³/mol.